The number of aryl methyl sites for hydroxylation is 1. The van der Waals surface area contributed by atoms with Crippen molar-refractivity contribution in [2.45, 2.75) is 26.2 Å². The fourth-order valence-electron chi connectivity index (χ4n) is 3.58. The number of carbonyl (C=O) groups is 1. The van der Waals surface area contributed by atoms with Crippen molar-refractivity contribution in [1.29, 1.82) is 0 Å². The Bertz CT molecular complexity index is 1360. The van der Waals surface area contributed by atoms with Gasteiger partial charge in [-0.15, -0.1) is 11.3 Å². The molecule has 3 aromatic heterocycles. The first-order valence-electron chi connectivity index (χ1n) is 11.0. The van der Waals surface area contributed by atoms with Gasteiger partial charge in [0.05, 0.1) is 27.4 Å². The smallest absolute Gasteiger partial charge is 0.233 e. The van der Waals surface area contributed by atoms with E-state index in [4.69, 9.17) is 14.2 Å². The number of thiazole rings is 1. The Morgan fingerprint density at radius 2 is 1.91 bits per heavy atom. The summed E-state index contributed by atoms with van der Waals surface area (Å²) in [5.74, 6) is 1.69. The number of thiophene rings is 1. The van der Waals surface area contributed by atoms with Gasteiger partial charge in [0.15, 0.2) is 5.13 Å². The number of para-hydroxylation sites is 3. The van der Waals surface area contributed by atoms with Crippen LogP contribution in [0.5, 0.6) is 5.75 Å². The molecule has 9 heteroatoms. The highest BCUT2D eigenvalue weighted by Gasteiger charge is 2.24. The summed E-state index contributed by atoms with van der Waals surface area (Å²) in [6.45, 7) is 2.43. The molecule has 0 aliphatic carbocycles. The van der Waals surface area contributed by atoms with Gasteiger partial charge in [-0.25, -0.2) is 4.98 Å². The number of ether oxygens (including phenoxy) is 1. The van der Waals surface area contributed by atoms with Crippen molar-refractivity contribution < 1.29 is 14.1 Å². The molecule has 3 heterocycles. The van der Waals surface area contributed by atoms with Gasteiger partial charge in [0.2, 0.25) is 17.6 Å². The van der Waals surface area contributed by atoms with Crippen molar-refractivity contribution in [2.75, 3.05) is 11.5 Å². The van der Waals surface area contributed by atoms with Crippen LogP contribution in [-0.4, -0.2) is 27.6 Å². The maximum Gasteiger partial charge on any atom is 0.233 e. The predicted molar refractivity (Wildman–Crippen MR) is 135 cm³/mol. The number of aromatic nitrogens is 3. The van der Waals surface area contributed by atoms with Crippen LogP contribution in [0.3, 0.4) is 0 Å². The van der Waals surface area contributed by atoms with Gasteiger partial charge in [0, 0.05) is 12.8 Å². The van der Waals surface area contributed by atoms with Crippen LogP contribution in [0.1, 0.15) is 25.7 Å². The Morgan fingerprint density at radius 1 is 1.06 bits per heavy atom. The van der Waals surface area contributed by atoms with E-state index in [1.807, 2.05) is 73.0 Å². The largest absolute Gasteiger partial charge is 0.492 e. The van der Waals surface area contributed by atoms with Gasteiger partial charge >= 0.3 is 0 Å². The Labute approximate surface area is 204 Å². The Hall–Kier alpha value is -3.56. The maximum absolute atomic E-state index is 13.5. The minimum Gasteiger partial charge on any atom is -0.492 e. The third-order valence-electron chi connectivity index (χ3n) is 5.12. The van der Waals surface area contributed by atoms with Gasteiger partial charge in [-0.3, -0.25) is 9.69 Å². The van der Waals surface area contributed by atoms with E-state index in [0.717, 1.165) is 15.1 Å². The third kappa shape index (κ3) is 4.71. The van der Waals surface area contributed by atoms with E-state index in [9.17, 15) is 4.79 Å². The van der Waals surface area contributed by atoms with Crippen LogP contribution in [-0.2, 0) is 11.2 Å². The van der Waals surface area contributed by atoms with Gasteiger partial charge in [-0.1, -0.05) is 46.8 Å². The third-order valence-corrected chi connectivity index (χ3v) is 7.01. The van der Waals surface area contributed by atoms with Gasteiger partial charge in [-0.2, -0.15) is 4.98 Å². The normalized spacial score (nSPS) is 11.1. The molecule has 0 spiro atoms. The highest BCUT2D eigenvalue weighted by Crippen LogP contribution is 2.38. The second-order valence-electron chi connectivity index (χ2n) is 7.44. The summed E-state index contributed by atoms with van der Waals surface area (Å²) in [4.78, 5) is 25.4. The highest BCUT2D eigenvalue weighted by atomic mass is 32.1. The van der Waals surface area contributed by atoms with Crippen LogP contribution in [0, 0.1) is 0 Å². The summed E-state index contributed by atoms with van der Waals surface area (Å²) < 4.78 is 12.2. The van der Waals surface area contributed by atoms with Crippen molar-refractivity contribution in [1.82, 2.24) is 15.1 Å². The van der Waals surface area contributed by atoms with Gasteiger partial charge < -0.3 is 9.26 Å². The van der Waals surface area contributed by atoms with Crippen LogP contribution >= 0.6 is 22.7 Å². The van der Waals surface area contributed by atoms with Gasteiger partial charge in [-0.05, 0) is 49.1 Å². The number of nitrogens with zero attached hydrogens (tertiary/aromatic N) is 4. The number of carbonyl (C=O) groups excluding carboxylic acids is 1. The molecule has 5 rings (SSSR count). The highest BCUT2D eigenvalue weighted by molar-refractivity contribution is 7.22. The quantitative estimate of drug-likeness (QED) is 0.235. The summed E-state index contributed by atoms with van der Waals surface area (Å²) in [5.41, 5.74) is 1.55. The van der Waals surface area contributed by atoms with Crippen molar-refractivity contribution in [3.8, 4) is 16.5 Å². The average Bonchev–Trinajstić information content (AvgIpc) is 3.61. The van der Waals surface area contributed by atoms with Crippen LogP contribution < -0.4 is 9.64 Å². The molecule has 1 amide bonds. The van der Waals surface area contributed by atoms with E-state index in [2.05, 4.69) is 10.1 Å². The lowest BCUT2D eigenvalue weighted by molar-refractivity contribution is -0.118. The first-order chi connectivity index (χ1) is 16.7. The molecular weight excluding hydrogens is 468 g/mol. The summed E-state index contributed by atoms with van der Waals surface area (Å²) in [6, 6.07) is 19.3. The minimum atomic E-state index is -0.0656. The van der Waals surface area contributed by atoms with Gasteiger partial charge in [0.1, 0.15) is 5.75 Å². The molecule has 172 valence electrons. The van der Waals surface area contributed by atoms with E-state index in [-0.39, 0.29) is 5.91 Å². The number of hydrogen-bond donors (Lipinski definition) is 0. The van der Waals surface area contributed by atoms with Crippen LogP contribution in [0.2, 0.25) is 0 Å². The van der Waals surface area contributed by atoms with E-state index < -0.39 is 0 Å². The second-order valence-corrected chi connectivity index (χ2v) is 9.39. The Kier molecular flexibility index (Phi) is 6.64. The first kappa shape index (κ1) is 22.2. The zero-order valence-electron chi connectivity index (χ0n) is 18.5. The first-order valence-corrected chi connectivity index (χ1v) is 12.7. The monoisotopic (exact) mass is 490 g/mol. The molecule has 2 aromatic carbocycles. The molecule has 0 bridgehead atoms. The van der Waals surface area contributed by atoms with Gasteiger partial charge in [0.25, 0.3) is 0 Å². The average molecular weight is 491 g/mol. The number of hydrogen-bond acceptors (Lipinski definition) is 8. The lowest BCUT2D eigenvalue weighted by atomic mass is 10.2. The number of anilines is 2. The number of fused-ring (bicyclic) bond motifs is 1. The van der Waals surface area contributed by atoms with Crippen molar-refractivity contribution >= 4 is 49.6 Å². The molecule has 0 aliphatic rings. The van der Waals surface area contributed by atoms with Crippen LogP contribution in [0.15, 0.2) is 70.6 Å². The molecular formula is C25H22N4O3S2. The minimum absolute atomic E-state index is 0.0656. The fourth-order valence-corrected chi connectivity index (χ4v) is 5.23. The molecule has 0 saturated carbocycles. The molecule has 34 heavy (non-hydrogen) atoms. The number of amides is 1. The molecule has 5 aromatic rings. The zero-order chi connectivity index (χ0) is 23.3. The van der Waals surface area contributed by atoms with Crippen LogP contribution in [0.25, 0.3) is 20.9 Å². The summed E-state index contributed by atoms with van der Waals surface area (Å²) in [7, 11) is 0. The Balaban J connectivity index is 1.37. The van der Waals surface area contributed by atoms with E-state index in [1.54, 1.807) is 16.2 Å². The number of rotatable bonds is 9. The fraction of sp³-hybridized carbons (Fsp3) is 0.200. The molecule has 0 atom stereocenters. The standard InChI is InChI=1S/C25H22N4O3S2/c1-2-31-19-11-5-4-10-18(19)29(25-26-17-9-3-6-12-20(17)34-25)23(30)15-7-14-22-27-24(28-32-22)21-13-8-16-33-21/h3-6,8-13,16H,2,7,14-15H2,1H3. The molecule has 0 unspecified atom stereocenters. The van der Waals surface area contributed by atoms with Crippen molar-refractivity contribution in [3.63, 3.8) is 0 Å². The summed E-state index contributed by atoms with van der Waals surface area (Å²) in [6.07, 6.45) is 1.39. The molecule has 0 N–H and O–H groups in total. The molecule has 0 radical (unpaired) electrons. The zero-order valence-corrected chi connectivity index (χ0v) is 20.1. The SMILES string of the molecule is CCOc1ccccc1N(C(=O)CCCc1nc(-c2cccs2)no1)c1nc2ccccc2s1. The lowest BCUT2D eigenvalue weighted by Gasteiger charge is -2.22. The molecule has 7 nitrogen and oxygen atoms in total. The topological polar surface area (TPSA) is 81.4 Å². The van der Waals surface area contributed by atoms with E-state index in [1.165, 1.54) is 11.3 Å². The summed E-state index contributed by atoms with van der Waals surface area (Å²) >= 11 is 3.05. The molecule has 0 saturated heterocycles. The molecule has 0 aliphatic heterocycles. The second kappa shape index (κ2) is 10.1. The number of benzene rings is 2. The van der Waals surface area contributed by atoms with E-state index >= 15 is 0 Å². The molecule has 0 fully saturated rings. The predicted octanol–water partition coefficient (Wildman–Crippen LogP) is 6.49. The van der Waals surface area contributed by atoms with E-state index in [0.29, 0.717) is 54.2 Å². The lowest BCUT2D eigenvalue weighted by Crippen LogP contribution is -2.26. The summed E-state index contributed by atoms with van der Waals surface area (Å²) in [5, 5.41) is 6.64. The van der Waals surface area contributed by atoms with Crippen molar-refractivity contribution in [2.24, 2.45) is 0 Å². The Morgan fingerprint density at radius 3 is 2.74 bits per heavy atom. The van der Waals surface area contributed by atoms with Crippen LogP contribution in [0.4, 0.5) is 10.8 Å². The van der Waals surface area contributed by atoms with Crippen molar-refractivity contribution in [3.05, 3.63) is 71.9 Å². The maximum atomic E-state index is 13.5.